The number of carbonyl (C=O) groups is 2. The number of likely N-dealkylation sites (tertiary alicyclic amines) is 1. The van der Waals surface area contributed by atoms with Crippen molar-refractivity contribution in [3.63, 3.8) is 0 Å². The number of hydrogen-bond acceptors (Lipinski definition) is 3. The standard InChI is InChI=1S/C13H24N2O3/c1-4-13(5-2,9-16)14-12(18)10-7-11(17)15(6-3)8-10/h10,16H,4-9H2,1-3H3,(H,14,18). The van der Waals surface area contributed by atoms with Gasteiger partial charge in [0.1, 0.15) is 0 Å². The van der Waals surface area contributed by atoms with Gasteiger partial charge in [-0.2, -0.15) is 0 Å². The van der Waals surface area contributed by atoms with Crippen LogP contribution in [0.4, 0.5) is 0 Å². The van der Waals surface area contributed by atoms with E-state index in [-0.39, 0.29) is 30.8 Å². The molecule has 1 saturated heterocycles. The molecule has 0 aromatic heterocycles. The van der Waals surface area contributed by atoms with E-state index in [1.165, 1.54) is 0 Å². The molecule has 18 heavy (non-hydrogen) atoms. The first-order valence-corrected chi connectivity index (χ1v) is 6.72. The van der Waals surface area contributed by atoms with Gasteiger partial charge in [-0.3, -0.25) is 9.59 Å². The summed E-state index contributed by atoms with van der Waals surface area (Å²) in [6, 6.07) is 0. The third kappa shape index (κ3) is 3.02. The van der Waals surface area contributed by atoms with E-state index in [2.05, 4.69) is 5.32 Å². The largest absolute Gasteiger partial charge is 0.394 e. The van der Waals surface area contributed by atoms with Gasteiger partial charge in [0.05, 0.1) is 18.1 Å². The van der Waals surface area contributed by atoms with Crippen LogP contribution in [0.5, 0.6) is 0 Å². The Bertz CT molecular complexity index is 305. The zero-order chi connectivity index (χ0) is 13.8. The van der Waals surface area contributed by atoms with Crippen molar-refractivity contribution in [3.8, 4) is 0 Å². The molecule has 1 aliphatic heterocycles. The Labute approximate surface area is 109 Å². The smallest absolute Gasteiger partial charge is 0.225 e. The lowest BCUT2D eigenvalue weighted by atomic mass is 9.92. The fourth-order valence-electron chi connectivity index (χ4n) is 2.31. The van der Waals surface area contributed by atoms with Crippen LogP contribution in [-0.4, -0.2) is 47.1 Å². The highest BCUT2D eigenvalue weighted by atomic mass is 16.3. The van der Waals surface area contributed by atoms with Gasteiger partial charge < -0.3 is 15.3 Å². The van der Waals surface area contributed by atoms with Crippen molar-refractivity contribution >= 4 is 11.8 Å². The van der Waals surface area contributed by atoms with E-state index in [1.54, 1.807) is 4.90 Å². The van der Waals surface area contributed by atoms with Crippen LogP contribution >= 0.6 is 0 Å². The van der Waals surface area contributed by atoms with E-state index in [1.807, 2.05) is 20.8 Å². The molecule has 0 saturated carbocycles. The van der Waals surface area contributed by atoms with Gasteiger partial charge in [-0.05, 0) is 19.8 Å². The highest BCUT2D eigenvalue weighted by Gasteiger charge is 2.36. The van der Waals surface area contributed by atoms with E-state index >= 15 is 0 Å². The summed E-state index contributed by atoms with van der Waals surface area (Å²) in [6.45, 7) is 6.87. The van der Waals surface area contributed by atoms with Gasteiger partial charge in [-0.1, -0.05) is 13.8 Å². The van der Waals surface area contributed by atoms with Crippen molar-refractivity contribution in [2.45, 2.75) is 45.6 Å². The molecule has 2 N–H and O–H groups in total. The van der Waals surface area contributed by atoms with Crippen LogP contribution in [0.2, 0.25) is 0 Å². The quantitative estimate of drug-likeness (QED) is 0.728. The minimum Gasteiger partial charge on any atom is -0.394 e. The first kappa shape index (κ1) is 15.0. The molecule has 0 bridgehead atoms. The minimum atomic E-state index is -0.542. The molecule has 1 fully saturated rings. The zero-order valence-electron chi connectivity index (χ0n) is 11.5. The maximum Gasteiger partial charge on any atom is 0.225 e. The maximum absolute atomic E-state index is 12.1. The summed E-state index contributed by atoms with van der Waals surface area (Å²) < 4.78 is 0. The summed E-state index contributed by atoms with van der Waals surface area (Å²) in [7, 11) is 0. The lowest BCUT2D eigenvalue weighted by Gasteiger charge is -2.31. The first-order valence-electron chi connectivity index (χ1n) is 6.72. The Kier molecular flexibility index (Phi) is 5.14. The Hall–Kier alpha value is -1.10. The number of aliphatic hydroxyl groups excluding tert-OH is 1. The molecule has 2 amide bonds. The average Bonchev–Trinajstić information content (AvgIpc) is 2.77. The van der Waals surface area contributed by atoms with Crippen molar-refractivity contribution in [2.75, 3.05) is 19.7 Å². The van der Waals surface area contributed by atoms with E-state index in [9.17, 15) is 14.7 Å². The Balaban J connectivity index is 2.64. The van der Waals surface area contributed by atoms with Crippen molar-refractivity contribution in [1.29, 1.82) is 0 Å². The number of amides is 2. The molecule has 1 atom stereocenters. The van der Waals surface area contributed by atoms with Gasteiger partial charge in [0.2, 0.25) is 11.8 Å². The van der Waals surface area contributed by atoms with Crippen molar-refractivity contribution < 1.29 is 14.7 Å². The van der Waals surface area contributed by atoms with E-state index in [4.69, 9.17) is 0 Å². The lowest BCUT2D eigenvalue weighted by molar-refractivity contribution is -0.129. The summed E-state index contributed by atoms with van der Waals surface area (Å²) in [5, 5.41) is 12.3. The van der Waals surface area contributed by atoms with E-state index in [0.29, 0.717) is 25.9 Å². The monoisotopic (exact) mass is 256 g/mol. The Morgan fingerprint density at radius 3 is 2.44 bits per heavy atom. The molecule has 0 aromatic rings. The van der Waals surface area contributed by atoms with Crippen LogP contribution < -0.4 is 5.32 Å². The van der Waals surface area contributed by atoms with E-state index < -0.39 is 5.54 Å². The molecule has 104 valence electrons. The Morgan fingerprint density at radius 2 is 2.06 bits per heavy atom. The van der Waals surface area contributed by atoms with Gasteiger partial charge in [0.25, 0.3) is 0 Å². The van der Waals surface area contributed by atoms with Gasteiger partial charge >= 0.3 is 0 Å². The molecule has 5 heteroatoms. The fourth-order valence-corrected chi connectivity index (χ4v) is 2.31. The van der Waals surface area contributed by atoms with Crippen LogP contribution in [0.3, 0.4) is 0 Å². The van der Waals surface area contributed by atoms with Crippen molar-refractivity contribution in [1.82, 2.24) is 10.2 Å². The molecule has 1 unspecified atom stereocenters. The number of aliphatic hydroxyl groups is 1. The highest BCUT2D eigenvalue weighted by Crippen LogP contribution is 2.20. The second kappa shape index (κ2) is 6.18. The molecule has 1 heterocycles. The van der Waals surface area contributed by atoms with E-state index in [0.717, 1.165) is 0 Å². The molecule has 1 aliphatic rings. The Morgan fingerprint density at radius 1 is 1.44 bits per heavy atom. The molecule has 5 nitrogen and oxygen atoms in total. The predicted molar refractivity (Wildman–Crippen MR) is 68.9 cm³/mol. The number of rotatable bonds is 6. The lowest BCUT2D eigenvalue weighted by Crippen LogP contribution is -2.52. The van der Waals surface area contributed by atoms with Gasteiger partial charge in [-0.15, -0.1) is 0 Å². The van der Waals surface area contributed by atoms with Crippen LogP contribution in [0.1, 0.15) is 40.0 Å². The third-order valence-electron chi connectivity index (χ3n) is 4.01. The second-order valence-corrected chi connectivity index (χ2v) is 4.97. The summed E-state index contributed by atoms with van der Waals surface area (Å²) in [6.07, 6.45) is 1.66. The molecule has 0 aliphatic carbocycles. The molecule has 0 spiro atoms. The van der Waals surface area contributed by atoms with Crippen molar-refractivity contribution in [3.05, 3.63) is 0 Å². The molecular formula is C13H24N2O3. The summed E-state index contributed by atoms with van der Waals surface area (Å²) in [5.74, 6) is -0.348. The van der Waals surface area contributed by atoms with Crippen LogP contribution in [0, 0.1) is 5.92 Å². The summed E-state index contributed by atoms with van der Waals surface area (Å²) in [5.41, 5.74) is -0.542. The fraction of sp³-hybridized carbons (Fsp3) is 0.846. The molecular weight excluding hydrogens is 232 g/mol. The topological polar surface area (TPSA) is 69.6 Å². The second-order valence-electron chi connectivity index (χ2n) is 4.97. The average molecular weight is 256 g/mol. The predicted octanol–water partition coefficient (Wildman–Crippen LogP) is 0.522. The van der Waals surface area contributed by atoms with Gasteiger partial charge in [-0.25, -0.2) is 0 Å². The first-order chi connectivity index (χ1) is 8.51. The van der Waals surface area contributed by atoms with Gasteiger partial charge in [0, 0.05) is 19.5 Å². The van der Waals surface area contributed by atoms with Crippen LogP contribution in [-0.2, 0) is 9.59 Å². The summed E-state index contributed by atoms with van der Waals surface area (Å²) >= 11 is 0. The number of nitrogens with one attached hydrogen (secondary N) is 1. The van der Waals surface area contributed by atoms with Crippen molar-refractivity contribution in [2.24, 2.45) is 5.92 Å². The van der Waals surface area contributed by atoms with Crippen LogP contribution in [0.25, 0.3) is 0 Å². The normalized spacial score (nSPS) is 20.3. The maximum atomic E-state index is 12.1. The highest BCUT2D eigenvalue weighted by molar-refractivity contribution is 5.89. The number of carbonyl (C=O) groups excluding carboxylic acids is 2. The SMILES string of the molecule is CCN1CC(C(=O)NC(CC)(CC)CO)CC1=O. The van der Waals surface area contributed by atoms with Gasteiger partial charge in [0.15, 0.2) is 0 Å². The zero-order valence-corrected chi connectivity index (χ0v) is 11.5. The number of hydrogen-bond donors (Lipinski definition) is 2. The third-order valence-corrected chi connectivity index (χ3v) is 4.01. The molecule has 0 radical (unpaired) electrons. The molecule has 1 rings (SSSR count). The minimum absolute atomic E-state index is 0.0419. The van der Waals surface area contributed by atoms with Crippen LogP contribution in [0.15, 0.2) is 0 Å². The number of nitrogens with zero attached hydrogens (tertiary/aromatic N) is 1. The summed E-state index contributed by atoms with van der Waals surface area (Å²) in [4.78, 5) is 25.4. The molecule has 0 aromatic carbocycles.